The van der Waals surface area contributed by atoms with Crippen LogP contribution < -0.4 is 10.1 Å². The summed E-state index contributed by atoms with van der Waals surface area (Å²) < 4.78 is 18.6. The van der Waals surface area contributed by atoms with Gasteiger partial charge in [0.05, 0.1) is 18.2 Å². The number of anilines is 1. The summed E-state index contributed by atoms with van der Waals surface area (Å²) in [6, 6.07) is 11.7. The highest BCUT2D eigenvalue weighted by molar-refractivity contribution is 6.21. The van der Waals surface area contributed by atoms with E-state index >= 15 is 0 Å². The number of carbonyl (C=O) groups excluding carboxylic acids is 2. The third-order valence-corrected chi connectivity index (χ3v) is 4.46. The molecule has 0 saturated carbocycles. The van der Waals surface area contributed by atoms with Crippen LogP contribution in [-0.2, 0) is 0 Å². The Balaban J connectivity index is 1.52. The van der Waals surface area contributed by atoms with Crippen molar-refractivity contribution in [2.45, 2.75) is 25.8 Å². The van der Waals surface area contributed by atoms with Crippen LogP contribution in [0.5, 0.6) is 5.75 Å². The molecule has 0 bridgehead atoms. The molecule has 0 saturated heterocycles. The van der Waals surface area contributed by atoms with E-state index in [1.54, 1.807) is 36.4 Å². The van der Waals surface area contributed by atoms with Gasteiger partial charge in [-0.05, 0) is 44.0 Å². The quantitative estimate of drug-likeness (QED) is 0.769. The number of amides is 2. The van der Waals surface area contributed by atoms with Gasteiger partial charge in [-0.15, -0.1) is 0 Å². The van der Waals surface area contributed by atoms with Gasteiger partial charge in [-0.1, -0.05) is 12.1 Å². The Morgan fingerprint density at radius 1 is 1.12 bits per heavy atom. The molecule has 1 aliphatic heterocycles. The van der Waals surface area contributed by atoms with Crippen LogP contribution in [-0.4, -0.2) is 36.4 Å². The van der Waals surface area contributed by atoms with Gasteiger partial charge in [-0.2, -0.15) is 0 Å². The van der Waals surface area contributed by atoms with Gasteiger partial charge in [-0.25, -0.2) is 4.39 Å². The SMILES string of the molecule is COc1ccc(N[C@@H](C)CCCN2C(=O)c3ccccc3C2=O)cc1F. The molecule has 6 heteroatoms. The van der Waals surface area contributed by atoms with Gasteiger partial charge in [0.25, 0.3) is 11.8 Å². The minimum absolute atomic E-state index is 0.0676. The molecule has 0 unspecified atom stereocenters. The molecule has 1 atom stereocenters. The molecular formula is C20H21FN2O3. The number of imide groups is 1. The molecule has 2 aromatic rings. The normalized spacial score (nSPS) is 14.3. The first-order valence-corrected chi connectivity index (χ1v) is 8.56. The van der Waals surface area contributed by atoms with Gasteiger partial charge in [0, 0.05) is 24.3 Å². The average molecular weight is 356 g/mol. The van der Waals surface area contributed by atoms with Crippen molar-refractivity contribution in [3.05, 3.63) is 59.4 Å². The number of carbonyl (C=O) groups is 2. The number of halogens is 1. The summed E-state index contributed by atoms with van der Waals surface area (Å²) in [6.45, 7) is 2.35. The van der Waals surface area contributed by atoms with Crippen molar-refractivity contribution in [3.8, 4) is 5.75 Å². The predicted octanol–water partition coefficient (Wildman–Crippen LogP) is 3.71. The molecule has 2 amide bonds. The number of hydrogen-bond donors (Lipinski definition) is 1. The van der Waals surface area contributed by atoms with Crippen molar-refractivity contribution in [3.63, 3.8) is 0 Å². The maximum absolute atomic E-state index is 13.7. The van der Waals surface area contributed by atoms with E-state index in [1.807, 2.05) is 6.92 Å². The standard InChI is InChI=1S/C20H21FN2O3/c1-13(22-14-9-10-18(26-2)17(21)12-14)6-5-11-23-19(24)15-7-3-4-8-16(15)20(23)25/h3-4,7-10,12-13,22H,5-6,11H2,1-2H3/t13-/m0/s1. The van der Waals surface area contributed by atoms with Crippen LogP contribution in [0, 0.1) is 5.82 Å². The largest absolute Gasteiger partial charge is 0.494 e. The van der Waals surface area contributed by atoms with Gasteiger partial charge in [0.2, 0.25) is 0 Å². The smallest absolute Gasteiger partial charge is 0.261 e. The Morgan fingerprint density at radius 2 is 1.77 bits per heavy atom. The summed E-state index contributed by atoms with van der Waals surface area (Å²) in [5.74, 6) is -0.684. The molecule has 0 radical (unpaired) electrons. The number of benzene rings is 2. The van der Waals surface area contributed by atoms with Crippen molar-refractivity contribution in [2.75, 3.05) is 19.0 Å². The third kappa shape index (κ3) is 3.54. The van der Waals surface area contributed by atoms with Gasteiger partial charge in [-0.3, -0.25) is 14.5 Å². The summed E-state index contributed by atoms with van der Waals surface area (Å²) in [5, 5.41) is 3.22. The van der Waals surface area contributed by atoms with Crippen molar-refractivity contribution in [1.82, 2.24) is 4.90 Å². The molecule has 5 nitrogen and oxygen atoms in total. The number of hydrogen-bond acceptors (Lipinski definition) is 4. The van der Waals surface area contributed by atoms with Crippen LogP contribution >= 0.6 is 0 Å². The van der Waals surface area contributed by atoms with Crippen molar-refractivity contribution in [1.29, 1.82) is 0 Å². The van der Waals surface area contributed by atoms with E-state index in [-0.39, 0.29) is 23.6 Å². The van der Waals surface area contributed by atoms with Crippen LogP contribution in [0.2, 0.25) is 0 Å². The van der Waals surface area contributed by atoms with E-state index in [0.717, 1.165) is 6.42 Å². The monoisotopic (exact) mass is 356 g/mol. The van der Waals surface area contributed by atoms with Gasteiger partial charge in [0.15, 0.2) is 11.6 Å². The Kier molecular flexibility index (Phi) is 5.21. The molecular weight excluding hydrogens is 335 g/mol. The van der Waals surface area contributed by atoms with Crippen LogP contribution in [0.25, 0.3) is 0 Å². The highest BCUT2D eigenvalue weighted by atomic mass is 19.1. The van der Waals surface area contributed by atoms with Crippen LogP contribution in [0.1, 0.15) is 40.5 Å². The number of methoxy groups -OCH3 is 1. The molecule has 1 heterocycles. The maximum atomic E-state index is 13.7. The Hall–Kier alpha value is -2.89. The summed E-state index contributed by atoms with van der Waals surface area (Å²) in [6.07, 6.45) is 1.40. The summed E-state index contributed by atoms with van der Waals surface area (Å²) in [7, 11) is 1.42. The summed E-state index contributed by atoms with van der Waals surface area (Å²) in [4.78, 5) is 25.9. The highest BCUT2D eigenvalue weighted by Crippen LogP contribution is 2.24. The lowest BCUT2D eigenvalue weighted by Crippen LogP contribution is -2.31. The Bertz CT molecular complexity index is 803. The third-order valence-electron chi connectivity index (χ3n) is 4.46. The topological polar surface area (TPSA) is 58.6 Å². The van der Waals surface area contributed by atoms with E-state index < -0.39 is 5.82 Å². The van der Waals surface area contributed by atoms with Gasteiger partial charge >= 0.3 is 0 Å². The lowest BCUT2D eigenvalue weighted by atomic mass is 10.1. The van der Waals surface area contributed by atoms with Gasteiger partial charge in [0.1, 0.15) is 0 Å². The van der Waals surface area contributed by atoms with Crippen LogP contribution in [0.3, 0.4) is 0 Å². The molecule has 0 aromatic heterocycles. The number of nitrogens with zero attached hydrogens (tertiary/aromatic N) is 1. The van der Waals surface area contributed by atoms with Gasteiger partial charge < -0.3 is 10.1 Å². The van der Waals surface area contributed by atoms with Crippen LogP contribution in [0.15, 0.2) is 42.5 Å². The molecule has 136 valence electrons. The molecule has 0 spiro atoms. The maximum Gasteiger partial charge on any atom is 0.261 e. The first kappa shape index (κ1) is 17.9. The predicted molar refractivity (Wildman–Crippen MR) is 97.1 cm³/mol. The molecule has 2 aromatic carbocycles. The minimum atomic E-state index is -0.421. The Morgan fingerprint density at radius 3 is 2.35 bits per heavy atom. The second kappa shape index (κ2) is 7.56. The first-order valence-electron chi connectivity index (χ1n) is 8.56. The fourth-order valence-corrected chi connectivity index (χ4v) is 3.11. The molecule has 1 N–H and O–H groups in total. The fourth-order valence-electron chi connectivity index (χ4n) is 3.11. The number of nitrogens with one attached hydrogen (secondary N) is 1. The van der Waals surface area contributed by atoms with E-state index in [1.165, 1.54) is 18.1 Å². The molecule has 3 rings (SSSR count). The first-order chi connectivity index (χ1) is 12.5. The van der Waals surface area contributed by atoms with E-state index in [9.17, 15) is 14.0 Å². The molecule has 0 aliphatic carbocycles. The second-order valence-electron chi connectivity index (χ2n) is 6.34. The summed E-state index contributed by atoms with van der Waals surface area (Å²) in [5.41, 5.74) is 1.60. The lowest BCUT2D eigenvalue weighted by Gasteiger charge is -2.18. The average Bonchev–Trinajstić information content (AvgIpc) is 2.87. The number of fused-ring (bicyclic) bond motifs is 1. The van der Waals surface area contributed by atoms with E-state index in [4.69, 9.17) is 4.74 Å². The highest BCUT2D eigenvalue weighted by Gasteiger charge is 2.34. The Labute approximate surface area is 151 Å². The second-order valence-corrected chi connectivity index (χ2v) is 6.34. The lowest BCUT2D eigenvalue weighted by molar-refractivity contribution is 0.0651. The molecule has 1 aliphatic rings. The molecule has 26 heavy (non-hydrogen) atoms. The number of ether oxygens (including phenoxy) is 1. The van der Waals surface area contributed by atoms with E-state index in [2.05, 4.69) is 5.32 Å². The zero-order valence-electron chi connectivity index (χ0n) is 14.8. The zero-order chi connectivity index (χ0) is 18.7. The van der Waals surface area contributed by atoms with Crippen molar-refractivity contribution < 1.29 is 18.7 Å². The van der Waals surface area contributed by atoms with Crippen molar-refractivity contribution >= 4 is 17.5 Å². The number of rotatable bonds is 7. The zero-order valence-corrected chi connectivity index (χ0v) is 14.8. The molecule has 0 fully saturated rings. The summed E-state index contributed by atoms with van der Waals surface area (Å²) >= 11 is 0. The van der Waals surface area contributed by atoms with Crippen molar-refractivity contribution in [2.24, 2.45) is 0 Å². The van der Waals surface area contributed by atoms with E-state index in [0.29, 0.717) is 29.8 Å². The van der Waals surface area contributed by atoms with Crippen LogP contribution in [0.4, 0.5) is 10.1 Å². The fraction of sp³-hybridized carbons (Fsp3) is 0.300. The minimum Gasteiger partial charge on any atom is -0.494 e.